The predicted molar refractivity (Wildman–Crippen MR) is 64.1 cm³/mol. The van der Waals surface area contributed by atoms with E-state index in [1.807, 2.05) is 12.1 Å². The molecule has 0 fully saturated rings. The lowest BCUT2D eigenvalue weighted by molar-refractivity contribution is -0.124. The lowest BCUT2D eigenvalue weighted by Gasteiger charge is -2.32. The maximum absolute atomic E-state index is 12.2. The quantitative estimate of drug-likeness (QED) is 0.693. The zero-order valence-electron chi connectivity index (χ0n) is 10.1. The van der Waals surface area contributed by atoms with Crippen LogP contribution in [0.1, 0.15) is 30.5 Å². The lowest BCUT2D eigenvalue weighted by atomic mass is 9.71. The molecule has 0 aromatic carbocycles. The van der Waals surface area contributed by atoms with Gasteiger partial charge in [0, 0.05) is 30.0 Å². The first kappa shape index (κ1) is 10.5. The number of hydrogen-bond donors (Lipinski definition) is 0. The smallest absolute Gasteiger partial charge is 0.213 e. The molecule has 3 heteroatoms. The van der Waals surface area contributed by atoms with Gasteiger partial charge in [0.05, 0.1) is 7.11 Å². The molecule has 2 atom stereocenters. The van der Waals surface area contributed by atoms with Crippen LogP contribution >= 0.6 is 0 Å². The van der Waals surface area contributed by atoms with E-state index in [0.717, 1.165) is 24.1 Å². The van der Waals surface area contributed by atoms with Crippen LogP contribution in [0.4, 0.5) is 0 Å². The van der Waals surface area contributed by atoms with Crippen molar-refractivity contribution in [2.75, 3.05) is 7.11 Å². The Hall–Kier alpha value is -1.64. The van der Waals surface area contributed by atoms with Crippen LogP contribution in [-0.4, -0.2) is 17.9 Å². The van der Waals surface area contributed by atoms with E-state index in [2.05, 4.69) is 18.0 Å². The number of allylic oxidation sites excluding steroid dienone is 2. The second kappa shape index (κ2) is 3.69. The number of Topliss-reactive ketones (excluding diaryl/α,β-unsaturated/α-hetero) is 1. The molecular formula is C14H15NO2. The zero-order chi connectivity index (χ0) is 12.0. The Morgan fingerprint density at radius 1 is 1.35 bits per heavy atom. The number of pyridine rings is 1. The van der Waals surface area contributed by atoms with Crippen LogP contribution in [0.5, 0.6) is 5.88 Å². The summed E-state index contributed by atoms with van der Waals surface area (Å²) < 4.78 is 5.14. The molecule has 17 heavy (non-hydrogen) atoms. The first-order chi connectivity index (χ1) is 8.19. The Morgan fingerprint density at radius 3 is 2.94 bits per heavy atom. The SMILES string of the molecule is COc1ccc2c(n1)CC1C=C(C)CC2C1=O. The Labute approximate surface area is 101 Å². The third kappa shape index (κ3) is 1.57. The van der Waals surface area contributed by atoms with Crippen molar-refractivity contribution >= 4 is 5.78 Å². The highest BCUT2D eigenvalue weighted by atomic mass is 16.5. The molecule has 2 bridgehead atoms. The molecule has 1 aromatic heterocycles. The number of methoxy groups -OCH3 is 1. The summed E-state index contributed by atoms with van der Waals surface area (Å²) in [5.41, 5.74) is 3.45. The molecular weight excluding hydrogens is 214 g/mol. The van der Waals surface area contributed by atoms with Gasteiger partial charge in [-0.2, -0.15) is 0 Å². The van der Waals surface area contributed by atoms with Gasteiger partial charge in [-0.1, -0.05) is 17.7 Å². The standard InChI is InChI=1S/C14H15NO2/c1-8-5-9-7-12-10(11(6-8)14(9)16)3-4-13(15-12)17-2/h3-5,9,11H,6-7H2,1-2H3. The molecule has 0 saturated carbocycles. The molecule has 1 heterocycles. The van der Waals surface area contributed by atoms with Crippen molar-refractivity contribution in [3.8, 4) is 5.88 Å². The molecule has 0 N–H and O–H groups in total. The molecule has 2 aliphatic rings. The molecule has 3 nitrogen and oxygen atoms in total. The van der Waals surface area contributed by atoms with E-state index in [-0.39, 0.29) is 11.8 Å². The van der Waals surface area contributed by atoms with Crippen LogP contribution in [0.15, 0.2) is 23.8 Å². The molecule has 0 spiro atoms. The largest absolute Gasteiger partial charge is 0.481 e. The van der Waals surface area contributed by atoms with Crippen LogP contribution in [0.2, 0.25) is 0 Å². The van der Waals surface area contributed by atoms with Gasteiger partial charge in [0.2, 0.25) is 5.88 Å². The van der Waals surface area contributed by atoms with Gasteiger partial charge in [0.1, 0.15) is 5.78 Å². The van der Waals surface area contributed by atoms with Crippen LogP contribution in [0.25, 0.3) is 0 Å². The number of nitrogens with zero attached hydrogens (tertiary/aromatic N) is 1. The lowest BCUT2D eigenvalue weighted by Crippen LogP contribution is -2.32. The zero-order valence-corrected chi connectivity index (χ0v) is 10.1. The Bertz CT molecular complexity index is 519. The maximum atomic E-state index is 12.2. The van der Waals surface area contributed by atoms with E-state index in [1.165, 1.54) is 5.57 Å². The first-order valence-corrected chi connectivity index (χ1v) is 5.94. The van der Waals surface area contributed by atoms with E-state index >= 15 is 0 Å². The Balaban J connectivity index is 2.09. The minimum absolute atomic E-state index is 0.0205. The fourth-order valence-electron chi connectivity index (χ4n) is 2.89. The molecule has 3 rings (SSSR count). The van der Waals surface area contributed by atoms with Crippen molar-refractivity contribution < 1.29 is 9.53 Å². The van der Waals surface area contributed by atoms with Gasteiger partial charge in [0.15, 0.2) is 0 Å². The monoisotopic (exact) mass is 229 g/mol. The third-order valence-corrected chi connectivity index (χ3v) is 3.70. The molecule has 2 unspecified atom stereocenters. The highest BCUT2D eigenvalue weighted by Crippen LogP contribution is 2.40. The number of carbonyl (C=O) groups excluding carboxylic acids is 1. The van der Waals surface area contributed by atoms with Crippen LogP contribution < -0.4 is 4.74 Å². The van der Waals surface area contributed by atoms with Crippen LogP contribution in [0.3, 0.4) is 0 Å². The summed E-state index contributed by atoms with van der Waals surface area (Å²) in [6.07, 6.45) is 3.67. The maximum Gasteiger partial charge on any atom is 0.213 e. The van der Waals surface area contributed by atoms with E-state index in [9.17, 15) is 4.79 Å². The summed E-state index contributed by atoms with van der Waals surface area (Å²) >= 11 is 0. The summed E-state index contributed by atoms with van der Waals surface area (Å²) in [7, 11) is 1.62. The molecule has 0 saturated heterocycles. The minimum Gasteiger partial charge on any atom is -0.481 e. The van der Waals surface area contributed by atoms with Crippen molar-refractivity contribution in [3.63, 3.8) is 0 Å². The second-order valence-corrected chi connectivity index (χ2v) is 4.87. The Morgan fingerprint density at radius 2 is 2.18 bits per heavy atom. The predicted octanol–water partition coefficient (Wildman–Crippen LogP) is 2.27. The fraction of sp³-hybridized carbons (Fsp3) is 0.429. The van der Waals surface area contributed by atoms with Gasteiger partial charge in [-0.05, 0) is 18.9 Å². The number of ether oxygens (including phenoxy) is 1. The van der Waals surface area contributed by atoms with E-state index < -0.39 is 0 Å². The molecule has 88 valence electrons. The summed E-state index contributed by atoms with van der Waals surface area (Å²) in [5.74, 6) is 1.04. The van der Waals surface area contributed by atoms with Gasteiger partial charge in [-0.15, -0.1) is 0 Å². The summed E-state index contributed by atoms with van der Waals surface area (Å²) in [6.45, 7) is 2.11. The molecule has 1 aromatic rings. The highest BCUT2D eigenvalue weighted by Gasteiger charge is 2.37. The second-order valence-electron chi connectivity index (χ2n) is 4.87. The normalized spacial score (nSPS) is 26.2. The van der Waals surface area contributed by atoms with Gasteiger partial charge in [-0.3, -0.25) is 4.79 Å². The van der Waals surface area contributed by atoms with Crippen molar-refractivity contribution in [2.45, 2.75) is 25.7 Å². The number of fused-ring (bicyclic) bond motifs is 4. The van der Waals surface area contributed by atoms with Crippen LogP contribution in [0, 0.1) is 5.92 Å². The van der Waals surface area contributed by atoms with Gasteiger partial charge in [0.25, 0.3) is 0 Å². The molecule has 0 radical (unpaired) electrons. The summed E-state index contributed by atoms with van der Waals surface area (Å²) in [5, 5.41) is 0. The van der Waals surface area contributed by atoms with E-state index in [0.29, 0.717) is 11.7 Å². The molecule has 0 aliphatic heterocycles. The molecule has 0 amide bonds. The third-order valence-electron chi connectivity index (χ3n) is 3.70. The number of hydrogen-bond acceptors (Lipinski definition) is 3. The summed E-state index contributed by atoms with van der Waals surface area (Å²) in [6, 6.07) is 3.85. The first-order valence-electron chi connectivity index (χ1n) is 5.94. The van der Waals surface area contributed by atoms with Crippen molar-refractivity contribution in [1.82, 2.24) is 4.98 Å². The van der Waals surface area contributed by atoms with Gasteiger partial charge < -0.3 is 4.74 Å². The topological polar surface area (TPSA) is 39.2 Å². The van der Waals surface area contributed by atoms with E-state index in [4.69, 9.17) is 4.74 Å². The average molecular weight is 229 g/mol. The van der Waals surface area contributed by atoms with Crippen molar-refractivity contribution in [1.29, 1.82) is 0 Å². The average Bonchev–Trinajstić information content (AvgIpc) is 2.31. The molecule has 2 aliphatic carbocycles. The number of rotatable bonds is 1. The van der Waals surface area contributed by atoms with Crippen molar-refractivity contribution in [3.05, 3.63) is 35.0 Å². The number of ketones is 1. The van der Waals surface area contributed by atoms with Gasteiger partial charge >= 0.3 is 0 Å². The number of aromatic nitrogens is 1. The fourth-order valence-corrected chi connectivity index (χ4v) is 2.89. The number of carbonyl (C=O) groups is 1. The Kier molecular flexibility index (Phi) is 2.28. The minimum atomic E-state index is 0.0205. The van der Waals surface area contributed by atoms with Crippen LogP contribution in [-0.2, 0) is 11.2 Å². The highest BCUT2D eigenvalue weighted by molar-refractivity contribution is 5.92. The summed E-state index contributed by atoms with van der Waals surface area (Å²) in [4.78, 5) is 16.6. The van der Waals surface area contributed by atoms with E-state index in [1.54, 1.807) is 7.11 Å². The van der Waals surface area contributed by atoms with Gasteiger partial charge in [-0.25, -0.2) is 4.98 Å². The van der Waals surface area contributed by atoms with Crippen molar-refractivity contribution in [2.24, 2.45) is 5.92 Å².